The van der Waals surface area contributed by atoms with Crippen molar-refractivity contribution in [3.63, 3.8) is 0 Å². The maximum atomic E-state index is 11.1. The molecule has 0 radical (unpaired) electrons. The van der Waals surface area contributed by atoms with E-state index in [0.29, 0.717) is 17.9 Å². The predicted octanol–water partition coefficient (Wildman–Crippen LogP) is 2.61. The topological polar surface area (TPSA) is 85.9 Å². The lowest BCUT2D eigenvalue weighted by Crippen LogP contribution is -2.11. The van der Waals surface area contributed by atoms with Crippen LogP contribution < -0.4 is 5.32 Å². The highest BCUT2D eigenvalue weighted by Gasteiger charge is 2.17. The number of hydrogen-bond acceptors (Lipinski definition) is 5. The van der Waals surface area contributed by atoms with Crippen LogP contribution in [0.2, 0.25) is 0 Å². The number of rotatable bonds is 6. The molecule has 0 atom stereocenters. The molecule has 2 aromatic rings. The van der Waals surface area contributed by atoms with Gasteiger partial charge in [0, 0.05) is 30.5 Å². The van der Waals surface area contributed by atoms with E-state index < -0.39 is 4.92 Å². The van der Waals surface area contributed by atoms with Gasteiger partial charge in [-0.3, -0.25) is 14.8 Å². The Labute approximate surface area is 123 Å². The molecule has 0 unspecified atom stereocenters. The molecule has 0 saturated heterocycles. The van der Waals surface area contributed by atoms with Gasteiger partial charge < -0.3 is 5.32 Å². The van der Waals surface area contributed by atoms with E-state index in [-0.39, 0.29) is 5.69 Å². The van der Waals surface area contributed by atoms with Crippen molar-refractivity contribution in [1.29, 1.82) is 0 Å². The average molecular weight is 289 g/mol. The molecule has 0 aliphatic carbocycles. The minimum Gasteiger partial charge on any atom is -0.364 e. The molecule has 112 valence electrons. The SMILES string of the molecule is Cc1cc(C)n(CCCNc2nccc(C)c2[N+](=O)[O-])n1. The van der Waals surface area contributed by atoms with Gasteiger partial charge in [0.15, 0.2) is 0 Å². The smallest absolute Gasteiger partial charge is 0.314 e. The van der Waals surface area contributed by atoms with Crippen molar-refractivity contribution in [3.05, 3.63) is 45.4 Å². The first-order chi connectivity index (χ1) is 9.99. The van der Waals surface area contributed by atoms with Crippen LogP contribution in [-0.4, -0.2) is 26.2 Å². The van der Waals surface area contributed by atoms with Crippen molar-refractivity contribution in [2.24, 2.45) is 0 Å². The molecule has 0 bridgehead atoms. The second-order valence-corrected chi connectivity index (χ2v) is 5.01. The molecule has 1 N–H and O–H groups in total. The van der Waals surface area contributed by atoms with E-state index in [2.05, 4.69) is 15.4 Å². The van der Waals surface area contributed by atoms with E-state index in [0.717, 1.165) is 24.4 Å². The second-order valence-electron chi connectivity index (χ2n) is 5.01. The van der Waals surface area contributed by atoms with E-state index in [1.807, 2.05) is 24.6 Å². The number of nitrogens with one attached hydrogen (secondary N) is 1. The van der Waals surface area contributed by atoms with Crippen molar-refractivity contribution >= 4 is 11.5 Å². The average Bonchev–Trinajstić information content (AvgIpc) is 2.72. The van der Waals surface area contributed by atoms with Crippen molar-refractivity contribution in [2.45, 2.75) is 33.7 Å². The summed E-state index contributed by atoms with van der Waals surface area (Å²) in [5.74, 6) is 0.327. The molecule has 21 heavy (non-hydrogen) atoms. The molecule has 0 aliphatic heterocycles. The van der Waals surface area contributed by atoms with E-state index in [1.165, 1.54) is 0 Å². The zero-order chi connectivity index (χ0) is 15.4. The highest BCUT2D eigenvalue weighted by molar-refractivity contribution is 5.59. The highest BCUT2D eigenvalue weighted by atomic mass is 16.6. The van der Waals surface area contributed by atoms with Crippen molar-refractivity contribution < 1.29 is 4.92 Å². The Kier molecular flexibility index (Phi) is 4.52. The van der Waals surface area contributed by atoms with Crippen LogP contribution in [0.4, 0.5) is 11.5 Å². The maximum Gasteiger partial charge on any atom is 0.314 e. The molecule has 0 fully saturated rings. The lowest BCUT2D eigenvalue weighted by molar-refractivity contribution is -0.384. The van der Waals surface area contributed by atoms with Crippen LogP contribution in [0, 0.1) is 30.9 Å². The number of hydrogen-bond donors (Lipinski definition) is 1. The van der Waals surface area contributed by atoms with Crippen molar-refractivity contribution in [3.8, 4) is 0 Å². The van der Waals surface area contributed by atoms with Crippen LogP contribution >= 0.6 is 0 Å². The highest BCUT2D eigenvalue weighted by Crippen LogP contribution is 2.25. The van der Waals surface area contributed by atoms with Crippen LogP contribution in [0.5, 0.6) is 0 Å². The number of anilines is 1. The number of aromatic nitrogens is 3. The van der Waals surface area contributed by atoms with E-state index in [4.69, 9.17) is 0 Å². The lowest BCUT2D eigenvalue weighted by Gasteiger charge is -2.08. The van der Waals surface area contributed by atoms with E-state index in [1.54, 1.807) is 19.2 Å². The van der Waals surface area contributed by atoms with Gasteiger partial charge in [-0.25, -0.2) is 4.98 Å². The van der Waals surface area contributed by atoms with Crippen LogP contribution in [0.25, 0.3) is 0 Å². The standard InChI is InChI=1S/C14H19N5O2/c1-10-5-7-16-14(13(10)19(20)21)15-6-4-8-18-12(3)9-11(2)17-18/h5,7,9H,4,6,8H2,1-3H3,(H,15,16). The van der Waals surface area contributed by atoms with Gasteiger partial charge in [-0.1, -0.05) is 0 Å². The molecule has 0 spiro atoms. The molecule has 0 saturated carbocycles. The molecule has 7 nitrogen and oxygen atoms in total. The third kappa shape index (κ3) is 3.56. The Balaban J connectivity index is 1.94. The third-order valence-corrected chi connectivity index (χ3v) is 3.25. The zero-order valence-electron chi connectivity index (χ0n) is 12.5. The van der Waals surface area contributed by atoms with Crippen molar-refractivity contribution in [2.75, 3.05) is 11.9 Å². The Morgan fingerprint density at radius 3 is 2.76 bits per heavy atom. The van der Waals surface area contributed by atoms with Gasteiger partial charge in [-0.15, -0.1) is 0 Å². The summed E-state index contributed by atoms with van der Waals surface area (Å²) in [6.07, 6.45) is 2.39. The Morgan fingerprint density at radius 1 is 1.38 bits per heavy atom. The normalized spacial score (nSPS) is 10.6. The van der Waals surface area contributed by atoms with E-state index >= 15 is 0 Å². The van der Waals surface area contributed by atoms with Crippen LogP contribution in [0.3, 0.4) is 0 Å². The Bertz CT molecular complexity index is 651. The first-order valence-corrected chi connectivity index (χ1v) is 6.84. The summed E-state index contributed by atoms with van der Waals surface area (Å²) in [7, 11) is 0. The molecule has 0 amide bonds. The Morgan fingerprint density at radius 2 is 2.14 bits per heavy atom. The first-order valence-electron chi connectivity index (χ1n) is 6.84. The number of nitro groups is 1. The predicted molar refractivity (Wildman–Crippen MR) is 80.4 cm³/mol. The summed E-state index contributed by atoms with van der Waals surface area (Å²) in [5.41, 5.74) is 2.77. The number of nitrogens with zero attached hydrogens (tertiary/aromatic N) is 4. The number of pyridine rings is 1. The van der Waals surface area contributed by atoms with Crippen LogP contribution in [0.1, 0.15) is 23.4 Å². The first kappa shape index (κ1) is 15.0. The summed E-state index contributed by atoms with van der Waals surface area (Å²) in [6, 6.07) is 3.67. The Hall–Kier alpha value is -2.44. The monoisotopic (exact) mass is 289 g/mol. The summed E-state index contributed by atoms with van der Waals surface area (Å²) in [4.78, 5) is 14.7. The fourth-order valence-corrected chi connectivity index (χ4v) is 2.25. The fourth-order valence-electron chi connectivity index (χ4n) is 2.25. The lowest BCUT2D eigenvalue weighted by atomic mass is 10.2. The molecule has 7 heteroatoms. The zero-order valence-corrected chi connectivity index (χ0v) is 12.5. The van der Waals surface area contributed by atoms with Crippen molar-refractivity contribution in [1.82, 2.24) is 14.8 Å². The van der Waals surface area contributed by atoms with Gasteiger partial charge in [0.1, 0.15) is 0 Å². The fraction of sp³-hybridized carbons (Fsp3) is 0.429. The van der Waals surface area contributed by atoms with Gasteiger partial charge >= 0.3 is 5.69 Å². The van der Waals surface area contributed by atoms with Gasteiger partial charge in [-0.2, -0.15) is 5.10 Å². The molecule has 2 rings (SSSR count). The summed E-state index contributed by atoms with van der Waals surface area (Å²) >= 11 is 0. The molecule has 0 aromatic carbocycles. The molecular weight excluding hydrogens is 270 g/mol. The molecular formula is C14H19N5O2. The van der Waals surface area contributed by atoms with Gasteiger partial charge in [0.2, 0.25) is 5.82 Å². The maximum absolute atomic E-state index is 11.1. The summed E-state index contributed by atoms with van der Waals surface area (Å²) in [6.45, 7) is 7.06. The van der Waals surface area contributed by atoms with Gasteiger partial charge in [-0.05, 0) is 39.3 Å². The quantitative estimate of drug-likeness (QED) is 0.502. The minimum absolute atomic E-state index is 0.0450. The minimum atomic E-state index is -0.397. The van der Waals surface area contributed by atoms with Gasteiger partial charge in [0.05, 0.1) is 10.6 Å². The summed E-state index contributed by atoms with van der Waals surface area (Å²) < 4.78 is 1.94. The second kappa shape index (κ2) is 6.34. The third-order valence-electron chi connectivity index (χ3n) is 3.25. The van der Waals surface area contributed by atoms with Crippen LogP contribution in [-0.2, 0) is 6.54 Å². The summed E-state index contributed by atoms with van der Waals surface area (Å²) in [5, 5.41) is 18.5. The van der Waals surface area contributed by atoms with E-state index in [9.17, 15) is 10.1 Å². The molecule has 2 heterocycles. The molecule has 0 aliphatic rings. The number of aryl methyl sites for hydroxylation is 4. The van der Waals surface area contributed by atoms with Crippen LogP contribution in [0.15, 0.2) is 18.3 Å². The molecule has 2 aromatic heterocycles. The van der Waals surface area contributed by atoms with Gasteiger partial charge in [0.25, 0.3) is 0 Å². The largest absolute Gasteiger partial charge is 0.364 e.